The average Bonchev–Trinajstić information content (AvgIpc) is 2.87. The van der Waals surface area contributed by atoms with Gasteiger partial charge in [-0.3, -0.25) is 14.9 Å². The minimum absolute atomic E-state index is 0.0727. The molecule has 0 radical (unpaired) electrons. The highest BCUT2D eigenvalue weighted by Crippen LogP contribution is 2.32. The van der Waals surface area contributed by atoms with Crippen molar-refractivity contribution in [2.75, 3.05) is 11.9 Å². The molecule has 9 heteroatoms. The van der Waals surface area contributed by atoms with E-state index in [2.05, 4.69) is 26.6 Å². The molecule has 28 heavy (non-hydrogen) atoms. The Hall–Kier alpha value is -1.97. The van der Waals surface area contributed by atoms with Crippen LogP contribution >= 0.6 is 39.5 Å². The zero-order chi connectivity index (χ0) is 21.0. The number of hydrogen-bond donors (Lipinski definition) is 3. The van der Waals surface area contributed by atoms with Gasteiger partial charge in [0, 0.05) is 9.35 Å². The minimum Gasteiger partial charge on any atom is -0.492 e. The smallest absolute Gasteiger partial charge is 0.261 e. The Balaban J connectivity index is 2.17. The number of anilines is 1. The molecule has 0 saturated heterocycles. The third kappa shape index (κ3) is 5.52. The lowest BCUT2D eigenvalue weighted by Gasteiger charge is -2.14. The highest BCUT2D eigenvalue weighted by Gasteiger charge is 2.20. The van der Waals surface area contributed by atoms with E-state index in [4.69, 9.17) is 22.7 Å². The maximum atomic E-state index is 12.7. The first-order valence-corrected chi connectivity index (χ1v) is 10.6. The largest absolute Gasteiger partial charge is 0.492 e. The molecule has 2 rings (SSSR count). The van der Waals surface area contributed by atoms with E-state index in [9.17, 15) is 9.59 Å². The summed E-state index contributed by atoms with van der Waals surface area (Å²) in [4.78, 5) is 25.4. The van der Waals surface area contributed by atoms with E-state index in [1.807, 2.05) is 27.7 Å². The molecule has 0 aliphatic carbocycles. The second-order valence-corrected chi connectivity index (χ2v) is 9.15. The Labute approximate surface area is 182 Å². The van der Waals surface area contributed by atoms with Gasteiger partial charge in [0.1, 0.15) is 10.8 Å². The van der Waals surface area contributed by atoms with E-state index in [1.54, 1.807) is 18.2 Å². The van der Waals surface area contributed by atoms with Crippen molar-refractivity contribution in [2.45, 2.75) is 27.7 Å². The summed E-state index contributed by atoms with van der Waals surface area (Å²) >= 11 is 9.97. The quantitative estimate of drug-likeness (QED) is 0.529. The third-order valence-corrected chi connectivity index (χ3v) is 5.66. The van der Waals surface area contributed by atoms with Gasteiger partial charge in [-0.05, 0) is 55.7 Å². The van der Waals surface area contributed by atoms with Gasteiger partial charge < -0.3 is 15.8 Å². The summed E-state index contributed by atoms with van der Waals surface area (Å²) in [5.41, 5.74) is 6.99. The van der Waals surface area contributed by atoms with Gasteiger partial charge in [-0.2, -0.15) is 0 Å². The van der Waals surface area contributed by atoms with Crippen molar-refractivity contribution in [3.63, 3.8) is 0 Å². The number of carbonyl (C=O) groups is 2. The SMILES string of the molecule is Cc1sc(NC(=S)NC(=O)c2cc(Br)ccc2OCC(C)C)c(C(N)=O)c1C. The van der Waals surface area contributed by atoms with Gasteiger partial charge in [0.2, 0.25) is 0 Å². The monoisotopic (exact) mass is 483 g/mol. The van der Waals surface area contributed by atoms with Crippen LogP contribution in [0.2, 0.25) is 0 Å². The third-order valence-electron chi connectivity index (χ3n) is 3.84. The molecule has 1 aromatic carbocycles. The molecule has 2 amide bonds. The number of ether oxygens (including phenoxy) is 1. The molecule has 0 atom stereocenters. The predicted octanol–water partition coefficient (Wildman–Crippen LogP) is 4.39. The number of nitrogens with one attached hydrogen (secondary N) is 2. The molecule has 6 nitrogen and oxygen atoms in total. The molecule has 0 bridgehead atoms. The molecule has 0 aliphatic rings. The Kier molecular flexibility index (Phi) is 7.56. The molecule has 1 heterocycles. The maximum absolute atomic E-state index is 12.7. The number of benzene rings is 1. The van der Waals surface area contributed by atoms with Crippen LogP contribution in [0, 0.1) is 19.8 Å². The minimum atomic E-state index is -0.546. The molecule has 0 unspecified atom stereocenters. The van der Waals surface area contributed by atoms with Crippen molar-refractivity contribution in [1.82, 2.24) is 5.32 Å². The summed E-state index contributed by atoms with van der Waals surface area (Å²) in [7, 11) is 0. The number of thiophene rings is 1. The molecule has 150 valence electrons. The normalized spacial score (nSPS) is 10.6. The molecule has 0 fully saturated rings. The van der Waals surface area contributed by atoms with E-state index in [1.165, 1.54) is 11.3 Å². The van der Waals surface area contributed by atoms with E-state index >= 15 is 0 Å². The van der Waals surface area contributed by atoms with Crippen molar-refractivity contribution in [2.24, 2.45) is 11.7 Å². The van der Waals surface area contributed by atoms with Gasteiger partial charge >= 0.3 is 0 Å². The number of carbonyl (C=O) groups excluding carboxylic acids is 2. The van der Waals surface area contributed by atoms with Gasteiger partial charge in [-0.1, -0.05) is 29.8 Å². The van der Waals surface area contributed by atoms with Crippen molar-refractivity contribution >= 4 is 61.4 Å². The molecule has 0 saturated carbocycles. The lowest BCUT2D eigenvalue weighted by Crippen LogP contribution is -2.34. The van der Waals surface area contributed by atoms with Gasteiger partial charge in [-0.15, -0.1) is 11.3 Å². The van der Waals surface area contributed by atoms with Gasteiger partial charge in [0.05, 0.1) is 17.7 Å². The average molecular weight is 484 g/mol. The highest BCUT2D eigenvalue weighted by molar-refractivity contribution is 9.10. The summed E-state index contributed by atoms with van der Waals surface area (Å²) in [6.07, 6.45) is 0. The fourth-order valence-corrected chi connectivity index (χ4v) is 4.07. The number of rotatable bonds is 6. The van der Waals surface area contributed by atoms with Crippen LogP contribution in [0.4, 0.5) is 5.00 Å². The first kappa shape index (κ1) is 22.3. The van der Waals surface area contributed by atoms with Crippen molar-refractivity contribution in [3.05, 3.63) is 44.2 Å². The summed E-state index contributed by atoms with van der Waals surface area (Å²) in [6.45, 7) is 8.25. The Morgan fingerprint density at radius 2 is 2.00 bits per heavy atom. The van der Waals surface area contributed by atoms with E-state index in [-0.39, 0.29) is 5.11 Å². The molecular formula is C19H22BrN3O3S2. The molecule has 2 aromatic rings. The van der Waals surface area contributed by atoms with Crippen LogP contribution in [-0.4, -0.2) is 23.5 Å². The zero-order valence-corrected chi connectivity index (χ0v) is 19.2. The van der Waals surface area contributed by atoms with Crippen LogP contribution in [-0.2, 0) is 0 Å². The lowest BCUT2D eigenvalue weighted by atomic mass is 10.1. The number of nitrogens with two attached hydrogens (primary N) is 1. The van der Waals surface area contributed by atoms with Gasteiger partial charge in [0.15, 0.2) is 5.11 Å². The van der Waals surface area contributed by atoms with Crippen molar-refractivity contribution < 1.29 is 14.3 Å². The van der Waals surface area contributed by atoms with Crippen LogP contribution in [0.3, 0.4) is 0 Å². The van der Waals surface area contributed by atoms with Crippen LogP contribution in [0.5, 0.6) is 5.75 Å². The maximum Gasteiger partial charge on any atom is 0.261 e. The number of hydrogen-bond acceptors (Lipinski definition) is 5. The summed E-state index contributed by atoms with van der Waals surface area (Å²) < 4.78 is 6.48. The van der Waals surface area contributed by atoms with Crippen molar-refractivity contribution in [1.29, 1.82) is 0 Å². The number of primary amides is 1. The van der Waals surface area contributed by atoms with Crippen LogP contribution < -0.4 is 21.1 Å². The van der Waals surface area contributed by atoms with E-state index in [0.29, 0.717) is 34.4 Å². The van der Waals surface area contributed by atoms with Crippen LogP contribution in [0.15, 0.2) is 22.7 Å². The fourth-order valence-electron chi connectivity index (χ4n) is 2.38. The number of amides is 2. The highest BCUT2D eigenvalue weighted by atomic mass is 79.9. The fraction of sp³-hybridized carbons (Fsp3) is 0.316. The number of thiocarbonyl (C=S) groups is 1. The van der Waals surface area contributed by atoms with Crippen molar-refractivity contribution in [3.8, 4) is 5.75 Å². The Morgan fingerprint density at radius 1 is 1.32 bits per heavy atom. The molecule has 1 aromatic heterocycles. The van der Waals surface area contributed by atoms with Gasteiger partial charge in [0.25, 0.3) is 11.8 Å². The second-order valence-electron chi connectivity index (χ2n) is 6.61. The van der Waals surface area contributed by atoms with Gasteiger partial charge in [-0.25, -0.2) is 0 Å². The molecule has 0 aliphatic heterocycles. The molecule has 0 spiro atoms. The van der Waals surface area contributed by atoms with Crippen LogP contribution in [0.25, 0.3) is 0 Å². The summed E-state index contributed by atoms with van der Waals surface area (Å²) in [5, 5.41) is 6.12. The first-order chi connectivity index (χ1) is 13.1. The summed E-state index contributed by atoms with van der Waals surface area (Å²) in [6, 6.07) is 5.20. The van der Waals surface area contributed by atoms with E-state index in [0.717, 1.165) is 14.9 Å². The first-order valence-electron chi connectivity index (χ1n) is 8.54. The van der Waals surface area contributed by atoms with E-state index < -0.39 is 11.8 Å². The number of aryl methyl sites for hydroxylation is 1. The topological polar surface area (TPSA) is 93.4 Å². The second kappa shape index (κ2) is 9.49. The number of halogens is 1. The van der Waals surface area contributed by atoms with Crippen LogP contribution in [0.1, 0.15) is 45.0 Å². The molecular weight excluding hydrogens is 462 g/mol. The Bertz CT molecular complexity index is 925. The zero-order valence-electron chi connectivity index (χ0n) is 16.0. The Morgan fingerprint density at radius 3 is 2.61 bits per heavy atom. The summed E-state index contributed by atoms with van der Waals surface area (Å²) in [5.74, 6) is -0.171. The predicted molar refractivity (Wildman–Crippen MR) is 120 cm³/mol. The molecule has 4 N–H and O–H groups in total. The standard InChI is InChI=1S/C19H22BrN3O3S2/c1-9(2)8-26-14-6-5-12(20)7-13(14)17(25)22-19(27)23-18-15(16(21)24)10(3)11(4)28-18/h5-7,9H,8H2,1-4H3,(H2,21,24)(H2,22,23,25,27). The lowest BCUT2D eigenvalue weighted by molar-refractivity contribution is 0.0971.